The first-order chi connectivity index (χ1) is 14.2. The fourth-order valence-electron chi connectivity index (χ4n) is 3.85. The number of ether oxygens (including phenoxy) is 3. The second kappa shape index (κ2) is 6.85. The molecule has 1 N–H and O–H groups in total. The Morgan fingerprint density at radius 1 is 1.00 bits per heavy atom. The van der Waals surface area contributed by atoms with E-state index in [1.54, 1.807) is 7.11 Å². The number of fused-ring (bicyclic) bond motifs is 1. The number of benzene rings is 3. The Balaban J connectivity index is 0.00000218. The Kier molecular flexibility index (Phi) is 4.16. The Labute approximate surface area is 170 Å². The molecule has 0 saturated heterocycles. The number of nitrogens with one attached hydrogen (secondary N) is 1. The van der Waals surface area contributed by atoms with Gasteiger partial charge in [-0.3, -0.25) is 4.79 Å². The number of methoxy groups -OCH3 is 1. The zero-order valence-electron chi connectivity index (χ0n) is 16.1. The minimum Gasteiger partial charge on any atom is -0.496 e. The van der Waals surface area contributed by atoms with Crippen molar-refractivity contribution >= 4 is 11.6 Å². The normalized spacial score (nSPS) is 15.6. The maximum atomic E-state index is 13.2. The number of amides is 1. The fraction of sp³-hybridized carbons (Fsp3) is 0.208. The van der Waals surface area contributed by atoms with Crippen molar-refractivity contribution in [2.75, 3.05) is 19.2 Å². The molecule has 0 spiro atoms. The highest BCUT2D eigenvalue weighted by Crippen LogP contribution is 2.51. The number of hydrogen-bond donors (Lipinski definition) is 1. The number of hydrogen-bond acceptors (Lipinski definition) is 4. The standard InChI is InChI=1S/C24H21NO4.H2/c1-27-20-10-8-18(14-19(20)16-5-3-2-4-6-16)25-23(26)24(11-12-24)17-7-9-21-22(13-17)29-15-28-21;/h2-10,13-14H,11-12,15H2,1H3,(H,25,26);1H. The molecule has 0 unspecified atom stereocenters. The average molecular weight is 389 g/mol. The third kappa shape index (κ3) is 3.09. The second-order valence-electron chi connectivity index (χ2n) is 7.39. The molecule has 5 rings (SSSR count). The van der Waals surface area contributed by atoms with Gasteiger partial charge in [0, 0.05) is 12.7 Å². The number of carbonyl (C=O) groups is 1. The predicted octanol–water partition coefficient (Wildman–Crippen LogP) is 5.01. The van der Waals surface area contributed by atoms with Gasteiger partial charge in [0.15, 0.2) is 11.5 Å². The topological polar surface area (TPSA) is 56.8 Å². The van der Waals surface area contributed by atoms with Gasteiger partial charge in [-0.1, -0.05) is 36.4 Å². The molecule has 3 aromatic rings. The molecule has 1 aliphatic carbocycles. The van der Waals surface area contributed by atoms with E-state index >= 15 is 0 Å². The van der Waals surface area contributed by atoms with E-state index in [-0.39, 0.29) is 14.1 Å². The molecule has 148 valence electrons. The molecule has 3 aromatic carbocycles. The molecule has 29 heavy (non-hydrogen) atoms. The van der Waals surface area contributed by atoms with Gasteiger partial charge in [0.05, 0.1) is 12.5 Å². The Bertz CT molecular complexity index is 1080. The van der Waals surface area contributed by atoms with Crippen molar-refractivity contribution in [3.63, 3.8) is 0 Å². The molecule has 0 radical (unpaired) electrons. The molecule has 0 bridgehead atoms. The van der Waals surface area contributed by atoms with Crippen LogP contribution in [-0.4, -0.2) is 19.8 Å². The molecule has 1 amide bonds. The molecule has 1 fully saturated rings. The first-order valence-corrected chi connectivity index (χ1v) is 9.65. The molecule has 5 heteroatoms. The van der Waals surface area contributed by atoms with E-state index in [4.69, 9.17) is 14.2 Å². The summed E-state index contributed by atoms with van der Waals surface area (Å²) in [5.74, 6) is 2.21. The van der Waals surface area contributed by atoms with Crippen LogP contribution < -0.4 is 19.5 Å². The Morgan fingerprint density at radius 3 is 2.55 bits per heavy atom. The van der Waals surface area contributed by atoms with E-state index in [2.05, 4.69) is 5.32 Å². The van der Waals surface area contributed by atoms with E-state index in [0.29, 0.717) is 5.75 Å². The van der Waals surface area contributed by atoms with Crippen LogP contribution in [0.15, 0.2) is 66.7 Å². The summed E-state index contributed by atoms with van der Waals surface area (Å²) in [4.78, 5) is 13.2. The molecule has 1 saturated carbocycles. The number of rotatable bonds is 5. The van der Waals surface area contributed by atoms with Gasteiger partial charge < -0.3 is 19.5 Å². The minimum absolute atomic E-state index is 0. The van der Waals surface area contributed by atoms with Crippen molar-refractivity contribution in [1.82, 2.24) is 0 Å². The Hall–Kier alpha value is -3.47. The molecular formula is C24H23NO4. The SMILES string of the molecule is COc1ccc(NC(=O)C2(c3ccc4c(c3)OCO4)CC2)cc1-c1ccccc1.[HH]. The lowest BCUT2D eigenvalue weighted by atomic mass is 9.94. The zero-order chi connectivity index (χ0) is 19.8. The number of carbonyl (C=O) groups excluding carboxylic acids is 1. The molecule has 0 atom stereocenters. The fourth-order valence-corrected chi connectivity index (χ4v) is 3.85. The van der Waals surface area contributed by atoms with Crippen molar-refractivity contribution in [2.24, 2.45) is 0 Å². The van der Waals surface area contributed by atoms with Gasteiger partial charge in [-0.25, -0.2) is 0 Å². The summed E-state index contributed by atoms with van der Waals surface area (Å²) in [6, 6.07) is 21.5. The third-order valence-electron chi connectivity index (χ3n) is 5.65. The van der Waals surface area contributed by atoms with Gasteiger partial charge in [-0.15, -0.1) is 0 Å². The first-order valence-electron chi connectivity index (χ1n) is 9.65. The van der Waals surface area contributed by atoms with Gasteiger partial charge in [0.25, 0.3) is 0 Å². The lowest BCUT2D eigenvalue weighted by Crippen LogP contribution is -2.27. The number of anilines is 1. The summed E-state index contributed by atoms with van der Waals surface area (Å²) < 4.78 is 16.4. The van der Waals surface area contributed by atoms with Crippen LogP contribution >= 0.6 is 0 Å². The van der Waals surface area contributed by atoms with Crippen molar-refractivity contribution in [2.45, 2.75) is 18.3 Å². The third-order valence-corrected chi connectivity index (χ3v) is 5.65. The summed E-state index contributed by atoms with van der Waals surface area (Å²) in [5.41, 5.74) is 3.20. The monoisotopic (exact) mass is 389 g/mol. The summed E-state index contributed by atoms with van der Waals surface area (Å²) in [6.07, 6.45) is 1.64. The maximum absolute atomic E-state index is 13.2. The highest BCUT2D eigenvalue weighted by molar-refractivity contribution is 6.02. The summed E-state index contributed by atoms with van der Waals surface area (Å²) in [7, 11) is 1.65. The second-order valence-corrected chi connectivity index (χ2v) is 7.39. The first kappa shape index (κ1) is 17.6. The highest BCUT2D eigenvalue weighted by Gasteiger charge is 2.51. The molecule has 5 nitrogen and oxygen atoms in total. The minimum atomic E-state index is -0.506. The largest absolute Gasteiger partial charge is 0.496 e. The van der Waals surface area contributed by atoms with Gasteiger partial charge >= 0.3 is 0 Å². The van der Waals surface area contributed by atoms with E-state index in [9.17, 15) is 4.79 Å². The lowest BCUT2D eigenvalue weighted by Gasteiger charge is -2.17. The van der Waals surface area contributed by atoms with Crippen molar-refractivity contribution in [3.8, 4) is 28.4 Å². The van der Waals surface area contributed by atoms with Crippen LogP contribution in [0.25, 0.3) is 11.1 Å². The van der Waals surface area contributed by atoms with Crippen LogP contribution in [0.2, 0.25) is 0 Å². The van der Waals surface area contributed by atoms with E-state index in [0.717, 1.165) is 46.7 Å². The summed E-state index contributed by atoms with van der Waals surface area (Å²) in [6.45, 7) is 0.228. The van der Waals surface area contributed by atoms with Crippen molar-refractivity contribution < 1.29 is 20.4 Å². The van der Waals surface area contributed by atoms with Crippen LogP contribution in [0, 0.1) is 0 Å². The average Bonchev–Trinajstić information content (AvgIpc) is 3.45. The quantitative estimate of drug-likeness (QED) is 0.667. The zero-order valence-corrected chi connectivity index (χ0v) is 16.1. The molecule has 1 heterocycles. The van der Waals surface area contributed by atoms with Crippen molar-refractivity contribution in [3.05, 3.63) is 72.3 Å². The summed E-state index contributed by atoms with van der Waals surface area (Å²) >= 11 is 0. The molecule has 2 aliphatic rings. The van der Waals surface area contributed by atoms with E-state index in [1.807, 2.05) is 66.7 Å². The van der Waals surface area contributed by atoms with Crippen molar-refractivity contribution in [1.29, 1.82) is 0 Å². The Morgan fingerprint density at radius 2 is 1.79 bits per heavy atom. The molecular weight excluding hydrogens is 366 g/mol. The lowest BCUT2D eigenvalue weighted by molar-refractivity contribution is -0.118. The van der Waals surface area contributed by atoms with Gasteiger partial charge in [-0.05, 0) is 54.3 Å². The van der Waals surface area contributed by atoms with E-state index in [1.165, 1.54) is 0 Å². The van der Waals surface area contributed by atoms with Crippen LogP contribution in [0.1, 0.15) is 19.8 Å². The molecule has 1 aliphatic heterocycles. The maximum Gasteiger partial charge on any atom is 0.235 e. The van der Waals surface area contributed by atoms with Crippen LogP contribution in [-0.2, 0) is 10.2 Å². The van der Waals surface area contributed by atoms with Gasteiger partial charge in [-0.2, -0.15) is 0 Å². The van der Waals surface area contributed by atoms with Crippen LogP contribution in [0.5, 0.6) is 17.2 Å². The highest BCUT2D eigenvalue weighted by atomic mass is 16.7. The predicted molar refractivity (Wildman–Crippen MR) is 113 cm³/mol. The smallest absolute Gasteiger partial charge is 0.235 e. The van der Waals surface area contributed by atoms with E-state index < -0.39 is 5.41 Å². The van der Waals surface area contributed by atoms with Crippen LogP contribution in [0.3, 0.4) is 0 Å². The van der Waals surface area contributed by atoms with Crippen LogP contribution in [0.4, 0.5) is 5.69 Å². The van der Waals surface area contributed by atoms with Gasteiger partial charge in [0.1, 0.15) is 5.75 Å². The summed E-state index contributed by atoms with van der Waals surface area (Å²) in [5, 5.41) is 3.11. The van der Waals surface area contributed by atoms with Gasteiger partial charge in [0.2, 0.25) is 12.7 Å². The molecule has 0 aromatic heterocycles.